The van der Waals surface area contributed by atoms with Crippen LogP contribution in [0.3, 0.4) is 0 Å². The highest BCUT2D eigenvalue weighted by atomic mass is 16.5. The number of aromatic hydroxyl groups is 1. The summed E-state index contributed by atoms with van der Waals surface area (Å²) in [6.45, 7) is 10.5. The number of ether oxygens (including phenoxy) is 1. The van der Waals surface area contributed by atoms with Gasteiger partial charge in [0.15, 0.2) is 5.96 Å². The van der Waals surface area contributed by atoms with Crippen LogP contribution in [0.1, 0.15) is 33.3 Å². The van der Waals surface area contributed by atoms with Crippen LogP contribution in [0.4, 0.5) is 0 Å². The lowest BCUT2D eigenvalue weighted by Crippen LogP contribution is -2.72. The smallest absolute Gasteiger partial charge is 0.194 e. The van der Waals surface area contributed by atoms with Gasteiger partial charge in [-0.2, -0.15) is 0 Å². The Bertz CT molecular complexity index is 579. The van der Waals surface area contributed by atoms with Crippen molar-refractivity contribution in [1.29, 1.82) is 0 Å². The van der Waals surface area contributed by atoms with Crippen LogP contribution in [0.25, 0.3) is 0 Å². The van der Waals surface area contributed by atoms with Crippen molar-refractivity contribution in [3.8, 4) is 11.5 Å². The molecule has 2 rings (SSSR count). The average molecular weight is 305 g/mol. The van der Waals surface area contributed by atoms with Crippen LogP contribution < -0.4 is 10.1 Å². The highest BCUT2D eigenvalue weighted by Gasteiger charge is 2.53. The zero-order valence-electron chi connectivity index (χ0n) is 14.4. The Morgan fingerprint density at radius 2 is 2.05 bits per heavy atom. The summed E-state index contributed by atoms with van der Waals surface area (Å²) in [5.74, 6) is 1.84. The largest absolute Gasteiger partial charge is 0.508 e. The number of likely N-dealkylation sites (tertiary alicyclic amines) is 1. The van der Waals surface area contributed by atoms with Crippen molar-refractivity contribution in [2.45, 2.75) is 39.8 Å². The molecule has 0 amide bonds. The fourth-order valence-corrected chi connectivity index (χ4v) is 2.70. The van der Waals surface area contributed by atoms with Gasteiger partial charge in [-0.1, -0.05) is 13.8 Å². The summed E-state index contributed by atoms with van der Waals surface area (Å²) in [7, 11) is 3.41. The van der Waals surface area contributed by atoms with Crippen molar-refractivity contribution in [3.63, 3.8) is 0 Å². The van der Waals surface area contributed by atoms with Gasteiger partial charge in [-0.15, -0.1) is 0 Å². The number of nitrogens with one attached hydrogen (secondary N) is 1. The second-order valence-corrected chi connectivity index (χ2v) is 6.92. The molecule has 0 radical (unpaired) electrons. The SMILES string of the molecule is CN=C(NCc1cc(OC)ccc1O)N1CC(C)(C)C1(C)C. The minimum atomic E-state index is 0.0469. The zero-order chi connectivity index (χ0) is 16.5. The van der Waals surface area contributed by atoms with E-state index in [1.54, 1.807) is 26.3 Å². The lowest BCUT2D eigenvalue weighted by Gasteiger charge is -2.62. The van der Waals surface area contributed by atoms with E-state index in [4.69, 9.17) is 4.74 Å². The minimum Gasteiger partial charge on any atom is -0.508 e. The monoisotopic (exact) mass is 305 g/mol. The first-order valence-electron chi connectivity index (χ1n) is 7.57. The molecule has 0 aromatic heterocycles. The van der Waals surface area contributed by atoms with Crippen LogP contribution in [-0.4, -0.2) is 42.2 Å². The molecule has 0 unspecified atom stereocenters. The number of methoxy groups -OCH3 is 1. The van der Waals surface area contributed by atoms with E-state index in [0.717, 1.165) is 23.8 Å². The molecular weight excluding hydrogens is 278 g/mol. The summed E-state index contributed by atoms with van der Waals surface area (Å²) in [4.78, 5) is 6.65. The van der Waals surface area contributed by atoms with Gasteiger partial charge in [0, 0.05) is 36.7 Å². The Labute approximate surface area is 133 Å². The van der Waals surface area contributed by atoms with Crippen molar-refractivity contribution in [2.24, 2.45) is 10.4 Å². The zero-order valence-corrected chi connectivity index (χ0v) is 14.4. The van der Waals surface area contributed by atoms with Crippen molar-refractivity contribution in [2.75, 3.05) is 20.7 Å². The average Bonchev–Trinajstić information content (AvgIpc) is 2.48. The van der Waals surface area contributed by atoms with Gasteiger partial charge in [0.1, 0.15) is 11.5 Å². The highest BCUT2D eigenvalue weighted by molar-refractivity contribution is 5.82. The third-order valence-electron chi connectivity index (χ3n) is 5.08. The Balaban J connectivity index is 2.08. The number of nitrogens with zero attached hydrogens (tertiary/aromatic N) is 2. The van der Waals surface area contributed by atoms with Crippen molar-refractivity contribution in [3.05, 3.63) is 23.8 Å². The molecule has 1 aromatic carbocycles. The van der Waals surface area contributed by atoms with E-state index < -0.39 is 0 Å². The van der Waals surface area contributed by atoms with Crippen LogP contribution in [-0.2, 0) is 6.54 Å². The van der Waals surface area contributed by atoms with Crippen LogP contribution in [0.15, 0.2) is 23.2 Å². The van der Waals surface area contributed by atoms with Gasteiger partial charge in [0.05, 0.1) is 7.11 Å². The summed E-state index contributed by atoms with van der Waals surface area (Å²) in [6.07, 6.45) is 0. The van der Waals surface area contributed by atoms with E-state index in [1.807, 2.05) is 6.07 Å². The van der Waals surface area contributed by atoms with E-state index in [0.29, 0.717) is 6.54 Å². The predicted octanol–water partition coefficient (Wildman–Crippen LogP) is 2.60. The number of hydrogen-bond acceptors (Lipinski definition) is 3. The van der Waals surface area contributed by atoms with Crippen LogP contribution in [0.5, 0.6) is 11.5 Å². The first-order valence-corrected chi connectivity index (χ1v) is 7.57. The molecule has 0 saturated carbocycles. The van der Waals surface area contributed by atoms with E-state index in [9.17, 15) is 5.11 Å². The lowest BCUT2D eigenvalue weighted by molar-refractivity contribution is -0.0668. The number of hydrogen-bond donors (Lipinski definition) is 2. The number of rotatable bonds is 3. The second kappa shape index (κ2) is 5.71. The molecule has 1 saturated heterocycles. The van der Waals surface area contributed by atoms with Gasteiger partial charge in [0.25, 0.3) is 0 Å². The molecule has 1 fully saturated rings. The Kier molecular flexibility index (Phi) is 4.27. The number of guanidine groups is 1. The molecule has 5 heteroatoms. The van der Waals surface area contributed by atoms with Crippen molar-refractivity contribution >= 4 is 5.96 Å². The van der Waals surface area contributed by atoms with Gasteiger partial charge in [-0.25, -0.2) is 0 Å². The van der Waals surface area contributed by atoms with E-state index in [-0.39, 0.29) is 16.7 Å². The van der Waals surface area contributed by atoms with Gasteiger partial charge in [0.2, 0.25) is 0 Å². The molecule has 0 bridgehead atoms. The fraction of sp³-hybridized carbons (Fsp3) is 0.588. The van der Waals surface area contributed by atoms with Gasteiger partial charge in [-0.3, -0.25) is 4.99 Å². The Morgan fingerprint density at radius 3 is 2.55 bits per heavy atom. The molecule has 1 aliphatic rings. The predicted molar refractivity (Wildman–Crippen MR) is 89.4 cm³/mol. The topological polar surface area (TPSA) is 57.1 Å². The van der Waals surface area contributed by atoms with E-state index in [2.05, 4.69) is 42.9 Å². The summed E-state index contributed by atoms with van der Waals surface area (Å²) in [6, 6.07) is 5.23. The molecule has 0 atom stereocenters. The molecule has 5 nitrogen and oxygen atoms in total. The third kappa shape index (κ3) is 2.72. The Hall–Kier alpha value is -1.91. The molecule has 2 N–H and O–H groups in total. The first-order chi connectivity index (χ1) is 10.2. The quantitative estimate of drug-likeness (QED) is 0.666. The molecule has 0 spiro atoms. The minimum absolute atomic E-state index is 0.0469. The maximum atomic E-state index is 9.96. The summed E-state index contributed by atoms with van der Waals surface area (Å²) in [5, 5.41) is 13.3. The molecule has 0 aliphatic carbocycles. The molecule has 1 heterocycles. The van der Waals surface area contributed by atoms with E-state index in [1.165, 1.54) is 0 Å². The normalized spacial score (nSPS) is 19.5. The molecule has 122 valence electrons. The number of benzene rings is 1. The fourth-order valence-electron chi connectivity index (χ4n) is 2.70. The van der Waals surface area contributed by atoms with Crippen LogP contribution >= 0.6 is 0 Å². The molecule has 22 heavy (non-hydrogen) atoms. The summed E-state index contributed by atoms with van der Waals surface area (Å²) < 4.78 is 5.20. The van der Waals surface area contributed by atoms with Gasteiger partial charge < -0.3 is 20.1 Å². The number of aliphatic imine (C=N–C) groups is 1. The number of phenols is 1. The van der Waals surface area contributed by atoms with Crippen LogP contribution in [0.2, 0.25) is 0 Å². The van der Waals surface area contributed by atoms with Gasteiger partial charge in [-0.05, 0) is 32.0 Å². The Morgan fingerprint density at radius 1 is 1.36 bits per heavy atom. The maximum Gasteiger partial charge on any atom is 0.194 e. The molecular formula is C17H27N3O2. The van der Waals surface area contributed by atoms with Gasteiger partial charge >= 0.3 is 0 Å². The van der Waals surface area contributed by atoms with Crippen LogP contribution in [0, 0.1) is 5.41 Å². The molecule has 1 aromatic rings. The maximum absolute atomic E-state index is 9.96. The second-order valence-electron chi connectivity index (χ2n) is 6.92. The molecule has 1 aliphatic heterocycles. The standard InChI is InChI=1S/C17H27N3O2/c1-16(2)11-20(17(16,3)4)15(18-5)19-10-12-9-13(22-6)7-8-14(12)21/h7-9,21H,10-11H2,1-6H3,(H,18,19). The highest BCUT2D eigenvalue weighted by Crippen LogP contribution is 2.46. The number of phenolic OH excluding ortho intramolecular Hbond substituents is 1. The van der Waals surface area contributed by atoms with E-state index >= 15 is 0 Å². The van der Waals surface area contributed by atoms with Crippen molar-refractivity contribution < 1.29 is 9.84 Å². The lowest BCUT2D eigenvalue weighted by atomic mass is 9.65. The summed E-state index contributed by atoms with van der Waals surface area (Å²) >= 11 is 0. The van der Waals surface area contributed by atoms with Crippen molar-refractivity contribution in [1.82, 2.24) is 10.2 Å². The third-order valence-corrected chi connectivity index (χ3v) is 5.08. The first kappa shape index (κ1) is 16.5. The summed E-state index contributed by atoms with van der Waals surface area (Å²) in [5.41, 5.74) is 1.09.